The molecular formula is C14H16ClN3O3S. The summed E-state index contributed by atoms with van der Waals surface area (Å²) in [4.78, 5) is 12.0. The molecule has 22 heavy (non-hydrogen) atoms. The summed E-state index contributed by atoms with van der Waals surface area (Å²) in [6.45, 7) is 3.92. The van der Waals surface area contributed by atoms with E-state index in [1.165, 1.54) is 18.9 Å². The summed E-state index contributed by atoms with van der Waals surface area (Å²) in [6, 6.07) is 5.02. The number of aromatic nitrogens is 2. The molecule has 0 radical (unpaired) electrons. The lowest BCUT2D eigenvalue weighted by atomic mass is 10.2. The van der Waals surface area contributed by atoms with E-state index < -0.39 is 0 Å². The number of nitrogens with one attached hydrogen (secondary N) is 1. The summed E-state index contributed by atoms with van der Waals surface area (Å²) in [5.74, 6) is 1.19. The monoisotopic (exact) mass is 341 g/mol. The Bertz CT molecular complexity index is 661. The molecule has 1 aromatic carbocycles. The molecule has 0 saturated carbocycles. The molecule has 6 nitrogen and oxygen atoms in total. The van der Waals surface area contributed by atoms with Crippen molar-refractivity contribution in [2.45, 2.75) is 25.0 Å². The molecule has 1 heterocycles. The van der Waals surface area contributed by atoms with Crippen LogP contribution in [0, 0.1) is 0 Å². The lowest BCUT2D eigenvalue weighted by Crippen LogP contribution is -2.14. The fourth-order valence-electron chi connectivity index (χ4n) is 1.60. The second-order valence-electron chi connectivity index (χ2n) is 4.74. The number of carbonyl (C=O) groups excluding carboxylic acids is 1. The molecular weight excluding hydrogens is 326 g/mol. The van der Waals surface area contributed by atoms with Crippen molar-refractivity contribution < 1.29 is 13.9 Å². The molecule has 0 aliphatic heterocycles. The summed E-state index contributed by atoms with van der Waals surface area (Å²) in [6.07, 6.45) is 0. The molecule has 0 bridgehead atoms. The number of benzene rings is 1. The summed E-state index contributed by atoms with van der Waals surface area (Å²) in [5, 5.41) is 11.4. The van der Waals surface area contributed by atoms with Crippen LogP contribution in [0.2, 0.25) is 5.02 Å². The van der Waals surface area contributed by atoms with Gasteiger partial charge < -0.3 is 14.5 Å². The number of thioether (sulfide) groups is 1. The van der Waals surface area contributed by atoms with Crippen LogP contribution in [0.3, 0.4) is 0 Å². The molecule has 8 heteroatoms. The van der Waals surface area contributed by atoms with Gasteiger partial charge in [-0.15, -0.1) is 10.2 Å². The highest BCUT2D eigenvalue weighted by molar-refractivity contribution is 7.99. The number of rotatable bonds is 6. The van der Waals surface area contributed by atoms with Gasteiger partial charge in [-0.25, -0.2) is 0 Å². The van der Waals surface area contributed by atoms with Gasteiger partial charge in [0.1, 0.15) is 5.75 Å². The molecule has 1 N–H and O–H groups in total. The molecule has 0 unspecified atom stereocenters. The average Bonchev–Trinajstić information content (AvgIpc) is 2.94. The lowest BCUT2D eigenvalue weighted by Gasteiger charge is -2.09. The molecule has 0 atom stereocenters. The van der Waals surface area contributed by atoms with Gasteiger partial charge in [0.05, 0.1) is 18.6 Å². The normalized spacial score (nSPS) is 10.8. The summed E-state index contributed by atoms with van der Waals surface area (Å²) < 4.78 is 10.6. The van der Waals surface area contributed by atoms with Crippen molar-refractivity contribution in [3.8, 4) is 5.75 Å². The van der Waals surface area contributed by atoms with Gasteiger partial charge in [0, 0.05) is 10.9 Å². The van der Waals surface area contributed by atoms with Crippen molar-refractivity contribution in [3.05, 3.63) is 29.1 Å². The zero-order valence-electron chi connectivity index (χ0n) is 12.4. The van der Waals surface area contributed by atoms with E-state index in [0.29, 0.717) is 27.6 Å². The fourth-order valence-corrected chi connectivity index (χ4v) is 2.35. The third-order valence-corrected chi connectivity index (χ3v) is 3.73. The quantitative estimate of drug-likeness (QED) is 0.809. The number of hydrogen-bond acceptors (Lipinski definition) is 6. The number of nitrogens with zero attached hydrogens (tertiary/aromatic N) is 2. The van der Waals surface area contributed by atoms with Crippen molar-refractivity contribution in [1.82, 2.24) is 10.2 Å². The minimum atomic E-state index is -0.213. The Morgan fingerprint density at radius 1 is 1.45 bits per heavy atom. The van der Waals surface area contributed by atoms with Crippen LogP contribution < -0.4 is 10.1 Å². The molecule has 1 aromatic heterocycles. The molecule has 0 aliphatic carbocycles. The maximum absolute atomic E-state index is 12.0. The van der Waals surface area contributed by atoms with Gasteiger partial charge >= 0.3 is 0 Å². The third kappa shape index (κ3) is 4.38. The molecule has 2 rings (SSSR count). The highest BCUT2D eigenvalue weighted by atomic mass is 35.5. The predicted molar refractivity (Wildman–Crippen MR) is 85.7 cm³/mol. The minimum absolute atomic E-state index is 0.148. The van der Waals surface area contributed by atoms with Gasteiger partial charge in [-0.2, -0.15) is 0 Å². The first-order valence-corrected chi connectivity index (χ1v) is 7.95. The van der Waals surface area contributed by atoms with E-state index in [-0.39, 0.29) is 17.6 Å². The molecule has 2 aromatic rings. The molecule has 1 amide bonds. The number of methoxy groups -OCH3 is 1. The number of halogens is 1. The van der Waals surface area contributed by atoms with Crippen molar-refractivity contribution in [1.29, 1.82) is 0 Å². The van der Waals surface area contributed by atoms with Crippen LogP contribution in [-0.4, -0.2) is 29.0 Å². The summed E-state index contributed by atoms with van der Waals surface area (Å²) in [5.41, 5.74) is 0.522. The van der Waals surface area contributed by atoms with Crippen molar-refractivity contribution in [2.24, 2.45) is 0 Å². The van der Waals surface area contributed by atoms with Gasteiger partial charge in [-0.1, -0.05) is 37.2 Å². The van der Waals surface area contributed by atoms with E-state index in [4.69, 9.17) is 20.8 Å². The number of amides is 1. The highest BCUT2D eigenvalue weighted by Crippen LogP contribution is 2.28. The van der Waals surface area contributed by atoms with Crippen LogP contribution >= 0.6 is 23.4 Å². The van der Waals surface area contributed by atoms with Crippen LogP contribution in [0.5, 0.6) is 5.75 Å². The molecule has 0 spiro atoms. The number of ether oxygens (including phenoxy) is 1. The van der Waals surface area contributed by atoms with E-state index in [1.54, 1.807) is 18.2 Å². The van der Waals surface area contributed by atoms with Gasteiger partial charge in [-0.05, 0) is 18.2 Å². The van der Waals surface area contributed by atoms with Crippen molar-refractivity contribution in [3.63, 3.8) is 0 Å². The second-order valence-corrected chi connectivity index (χ2v) is 6.11. The molecule has 0 aliphatic rings. The van der Waals surface area contributed by atoms with Crippen molar-refractivity contribution >= 4 is 35.0 Å². The minimum Gasteiger partial charge on any atom is -0.495 e. The SMILES string of the molecule is COc1ccc(Cl)cc1NC(=O)CSc1nnc(C(C)C)o1. The Labute approximate surface area is 137 Å². The van der Waals surface area contributed by atoms with Gasteiger partial charge in [0.25, 0.3) is 5.22 Å². The molecule has 118 valence electrons. The van der Waals surface area contributed by atoms with Crippen molar-refractivity contribution in [2.75, 3.05) is 18.2 Å². The van der Waals surface area contributed by atoms with Gasteiger partial charge in [0.2, 0.25) is 11.8 Å². The largest absolute Gasteiger partial charge is 0.495 e. The maximum Gasteiger partial charge on any atom is 0.277 e. The Balaban J connectivity index is 1.94. The van der Waals surface area contributed by atoms with E-state index in [2.05, 4.69) is 15.5 Å². The first kappa shape index (κ1) is 16.6. The van der Waals surface area contributed by atoms with Crippen LogP contribution in [0.25, 0.3) is 0 Å². The lowest BCUT2D eigenvalue weighted by molar-refractivity contribution is -0.113. The second kappa shape index (κ2) is 7.51. The number of carbonyl (C=O) groups is 1. The summed E-state index contributed by atoms with van der Waals surface area (Å²) in [7, 11) is 1.53. The Morgan fingerprint density at radius 2 is 2.23 bits per heavy atom. The van der Waals surface area contributed by atoms with Crippen LogP contribution in [-0.2, 0) is 4.79 Å². The van der Waals surface area contributed by atoms with E-state index in [1.807, 2.05) is 13.8 Å². The first-order valence-electron chi connectivity index (χ1n) is 6.59. The topological polar surface area (TPSA) is 77.2 Å². The average molecular weight is 342 g/mol. The molecule has 0 saturated heterocycles. The van der Waals surface area contributed by atoms with Crippen LogP contribution in [0.1, 0.15) is 25.7 Å². The Hall–Kier alpha value is -1.73. The Morgan fingerprint density at radius 3 is 2.86 bits per heavy atom. The summed E-state index contributed by atoms with van der Waals surface area (Å²) >= 11 is 7.09. The standard InChI is InChI=1S/C14H16ClN3O3S/c1-8(2)13-17-18-14(21-13)22-7-12(19)16-10-6-9(15)4-5-11(10)20-3/h4-6,8H,7H2,1-3H3,(H,16,19). The Kier molecular flexibility index (Phi) is 5.68. The van der Waals surface area contributed by atoms with E-state index >= 15 is 0 Å². The number of anilines is 1. The third-order valence-electron chi connectivity index (χ3n) is 2.68. The predicted octanol–water partition coefficient (Wildman–Crippen LogP) is 3.59. The zero-order chi connectivity index (χ0) is 16.1. The zero-order valence-corrected chi connectivity index (χ0v) is 14.0. The van der Waals surface area contributed by atoms with E-state index in [9.17, 15) is 4.79 Å². The van der Waals surface area contributed by atoms with E-state index in [0.717, 1.165) is 0 Å². The molecule has 0 fully saturated rings. The van der Waals surface area contributed by atoms with Crippen LogP contribution in [0.4, 0.5) is 5.69 Å². The van der Waals surface area contributed by atoms with Gasteiger partial charge in [0.15, 0.2) is 0 Å². The fraction of sp³-hybridized carbons (Fsp3) is 0.357. The maximum atomic E-state index is 12.0. The van der Waals surface area contributed by atoms with Gasteiger partial charge in [-0.3, -0.25) is 4.79 Å². The highest BCUT2D eigenvalue weighted by Gasteiger charge is 2.13. The number of hydrogen-bond donors (Lipinski definition) is 1. The van der Waals surface area contributed by atoms with Crippen LogP contribution in [0.15, 0.2) is 27.8 Å². The smallest absolute Gasteiger partial charge is 0.277 e. The first-order chi connectivity index (χ1) is 10.5.